The van der Waals surface area contributed by atoms with Crippen molar-refractivity contribution in [3.8, 4) is 0 Å². The van der Waals surface area contributed by atoms with Crippen LogP contribution >= 0.6 is 0 Å². The van der Waals surface area contributed by atoms with Gasteiger partial charge in [-0.2, -0.15) is 0 Å². The summed E-state index contributed by atoms with van der Waals surface area (Å²) in [5, 5.41) is 3.36. The molecule has 82 valence electrons. The van der Waals surface area contributed by atoms with Gasteiger partial charge in [-0.25, -0.2) is 4.79 Å². The molecule has 0 bridgehead atoms. The number of ether oxygens (including phenoxy) is 3. The lowest BCUT2D eigenvalue weighted by molar-refractivity contribution is -0.185. The molecule has 2 fully saturated rings. The predicted octanol–water partition coefficient (Wildman–Crippen LogP) is 0.742. The molecule has 0 unspecified atom stereocenters. The third-order valence-corrected chi connectivity index (χ3v) is 2.32. The van der Waals surface area contributed by atoms with E-state index < -0.39 is 30.1 Å². The number of nitrogens with zero attached hydrogens (tertiary/aromatic N) is 3. The molecule has 0 amide bonds. The fourth-order valence-electron chi connectivity index (χ4n) is 1.78. The lowest BCUT2D eigenvalue weighted by Crippen LogP contribution is -2.31. The van der Waals surface area contributed by atoms with Gasteiger partial charge >= 0.3 is 5.97 Å². The van der Waals surface area contributed by atoms with E-state index in [4.69, 9.17) is 19.7 Å². The molecule has 2 aliphatic rings. The van der Waals surface area contributed by atoms with Gasteiger partial charge in [0.2, 0.25) is 0 Å². The second kappa shape index (κ2) is 3.37. The zero-order chi connectivity index (χ0) is 11.1. The summed E-state index contributed by atoms with van der Waals surface area (Å²) in [7, 11) is 0. The topological polar surface area (TPSA) is 93.5 Å². The second-order valence-corrected chi connectivity index (χ2v) is 3.91. The van der Waals surface area contributed by atoms with Gasteiger partial charge in [0.15, 0.2) is 11.9 Å². The molecular weight excluding hydrogens is 202 g/mol. The minimum Gasteiger partial charge on any atom is -0.457 e. The van der Waals surface area contributed by atoms with E-state index in [2.05, 4.69) is 10.0 Å². The zero-order valence-corrected chi connectivity index (χ0v) is 8.41. The summed E-state index contributed by atoms with van der Waals surface area (Å²) < 4.78 is 15.8. The van der Waals surface area contributed by atoms with Crippen LogP contribution in [0.2, 0.25) is 0 Å². The Labute approximate surface area is 85.9 Å². The summed E-state index contributed by atoms with van der Waals surface area (Å²) >= 11 is 0. The fraction of sp³-hybridized carbons (Fsp3) is 0.875. The van der Waals surface area contributed by atoms with Crippen LogP contribution in [0.25, 0.3) is 10.4 Å². The van der Waals surface area contributed by atoms with Crippen molar-refractivity contribution >= 4 is 5.97 Å². The third kappa shape index (κ3) is 1.77. The Morgan fingerprint density at radius 1 is 1.53 bits per heavy atom. The van der Waals surface area contributed by atoms with Gasteiger partial charge in [-0.1, -0.05) is 5.11 Å². The average molecular weight is 213 g/mol. The Bertz CT molecular complexity index is 335. The molecule has 3 atom stereocenters. The molecule has 0 spiro atoms. The first-order valence-electron chi connectivity index (χ1n) is 4.60. The van der Waals surface area contributed by atoms with Crippen LogP contribution in [0.5, 0.6) is 0 Å². The highest BCUT2D eigenvalue weighted by atomic mass is 16.8. The monoisotopic (exact) mass is 213 g/mol. The highest BCUT2D eigenvalue weighted by molar-refractivity contribution is 5.78. The Morgan fingerprint density at radius 3 is 2.93 bits per heavy atom. The number of fused-ring (bicyclic) bond motifs is 1. The van der Waals surface area contributed by atoms with Gasteiger partial charge in [-0.3, -0.25) is 0 Å². The van der Waals surface area contributed by atoms with Crippen LogP contribution in [-0.4, -0.2) is 36.6 Å². The Hall–Kier alpha value is -1.30. The molecule has 0 aromatic rings. The van der Waals surface area contributed by atoms with E-state index in [1.165, 1.54) is 0 Å². The third-order valence-electron chi connectivity index (χ3n) is 2.32. The SMILES string of the molecule is CC1(C)O[C@@H]2[C@H](CN=[N+]=[N-])OC(=O)[C@@H]2O1. The summed E-state index contributed by atoms with van der Waals surface area (Å²) in [5.74, 6) is -1.24. The lowest BCUT2D eigenvalue weighted by Gasteiger charge is -2.20. The van der Waals surface area contributed by atoms with Crippen molar-refractivity contribution in [2.24, 2.45) is 5.11 Å². The quantitative estimate of drug-likeness (QED) is 0.292. The molecule has 0 aromatic heterocycles. The molecule has 2 heterocycles. The predicted molar refractivity (Wildman–Crippen MR) is 47.7 cm³/mol. The molecule has 0 N–H and O–H groups in total. The highest BCUT2D eigenvalue weighted by Crippen LogP contribution is 2.35. The summed E-state index contributed by atoms with van der Waals surface area (Å²) in [6, 6.07) is 0. The molecule has 0 saturated carbocycles. The van der Waals surface area contributed by atoms with Gasteiger partial charge in [-0.15, -0.1) is 0 Å². The molecule has 0 aliphatic carbocycles. The van der Waals surface area contributed by atoms with Crippen LogP contribution in [0.4, 0.5) is 0 Å². The van der Waals surface area contributed by atoms with Gasteiger partial charge in [0.1, 0.15) is 12.2 Å². The van der Waals surface area contributed by atoms with Gasteiger partial charge in [0, 0.05) is 4.91 Å². The van der Waals surface area contributed by atoms with Crippen LogP contribution in [0.1, 0.15) is 13.8 Å². The van der Waals surface area contributed by atoms with Gasteiger partial charge in [-0.05, 0) is 19.4 Å². The first kappa shape index (κ1) is 10.2. The number of hydrogen-bond acceptors (Lipinski definition) is 5. The van der Waals surface area contributed by atoms with Crippen molar-refractivity contribution in [3.05, 3.63) is 10.4 Å². The van der Waals surface area contributed by atoms with E-state index in [1.807, 2.05) is 0 Å². The van der Waals surface area contributed by atoms with E-state index in [0.717, 1.165) is 0 Å². The first-order chi connectivity index (χ1) is 7.03. The lowest BCUT2D eigenvalue weighted by atomic mass is 10.1. The van der Waals surface area contributed by atoms with Crippen molar-refractivity contribution < 1.29 is 19.0 Å². The smallest absolute Gasteiger partial charge is 0.338 e. The van der Waals surface area contributed by atoms with Crippen molar-refractivity contribution in [2.75, 3.05) is 6.54 Å². The van der Waals surface area contributed by atoms with E-state index >= 15 is 0 Å². The van der Waals surface area contributed by atoms with Gasteiger partial charge < -0.3 is 14.2 Å². The zero-order valence-electron chi connectivity index (χ0n) is 8.41. The van der Waals surface area contributed by atoms with Crippen molar-refractivity contribution in [1.82, 2.24) is 0 Å². The van der Waals surface area contributed by atoms with E-state index in [9.17, 15) is 4.79 Å². The Kier molecular flexibility index (Phi) is 2.30. The van der Waals surface area contributed by atoms with Crippen LogP contribution in [0.3, 0.4) is 0 Å². The number of hydrogen-bond donors (Lipinski definition) is 0. The molecule has 2 rings (SSSR count). The number of carbonyl (C=O) groups is 1. The second-order valence-electron chi connectivity index (χ2n) is 3.91. The largest absolute Gasteiger partial charge is 0.457 e. The molecule has 0 radical (unpaired) electrons. The number of cyclic esters (lactones) is 1. The fourth-order valence-corrected chi connectivity index (χ4v) is 1.78. The highest BCUT2D eigenvalue weighted by Gasteiger charge is 2.55. The summed E-state index contributed by atoms with van der Waals surface area (Å²) in [6.45, 7) is 3.52. The molecule has 2 aliphatic heterocycles. The molecule has 7 heteroatoms. The maximum Gasteiger partial charge on any atom is 0.338 e. The standard InChI is InChI=1S/C8H11N3O4/c1-8(2)14-5-4(3-10-11-9)13-7(12)6(5)15-8/h4-6H,3H2,1-2H3/t4-,5+,6+/m0/s1. The van der Waals surface area contributed by atoms with Crippen LogP contribution in [0, 0.1) is 0 Å². The minimum absolute atomic E-state index is 0.0723. The van der Waals surface area contributed by atoms with E-state index in [1.54, 1.807) is 13.8 Å². The Balaban J connectivity index is 2.12. The first-order valence-corrected chi connectivity index (χ1v) is 4.60. The number of azide groups is 1. The number of esters is 1. The number of rotatable bonds is 2. The summed E-state index contributed by atoms with van der Waals surface area (Å²) in [4.78, 5) is 14.0. The van der Waals surface area contributed by atoms with E-state index in [0.29, 0.717) is 0 Å². The maximum absolute atomic E-state index is 11.4. The Morgan fingerprint density at radius 2 is 2.27 bits per heavy atom. The normalized spacial score (nSPS) is 36.9. The van der Waals surface area contributed by atoms with E-state index in [-0.39, 0.29) is 6.54 Å². The van der Waals surface area contributed by atoms with Crippen LogP contribution < -0.4 is 0 Å². The van der Waals surface area contributed by atoms with Crippen molar-refractivity contribution in [3.63, 3.8) is 0 Å². The molecular formula is C8H11N3O4. The number of carbonyl (C=O) groups excluding carboxylic acids is 1. The van der Waals surface area contributed by atoms with Crippen molar-refractivity contribution in [2.45, 2.75) is 37.9 Å². The van der Waals surface area contributed by atoms with Gasteiger partial charge in [0.05, 0.1) is 6.54 Å². The molecule has 7 nitrogen and oxygen atoms in total. The van der Waals surface area contributed by atoms with Crippen molar-refractivity contribution in [1.29, 1.82) is 0 Å². The summed E-state index contributed by atoms with van der Waals surface area (Å²) in [5.41, 5.74) is 8.18. The average Bonchev–Trinajstić information content (AvgIpc) is 2.60. The summed E-state index contributed by atoms with van der Waals surface area (Å²) in [6.07, 6.45) is -1.71. The van der Waals surface area contributed by atoms with Crippen LogP contribution in [-0.2, 0) is 19.0 Å². The molecule has 15 heavy (non-hydrogen) atoms. The molecule has 0 aromatic carbocycles. The van der Waals surface area contributed by atoms with Crippen LogP contribution in [0.15, 0.2) is 5.11 Å². The molecule has 2 saturated heterocycles. The van der Waals surface area contributed by atoms with Gasteiger partial charge in [0.25, 0.3) is 0 Å². The minimum atomic E-state index is -0.788. The maximum atomic E-state index is 11.4.